The molecule has 2 aromatic rings. The van der Waals surface area contributed by atoms with Crippen LogP contribution in [0, 0.1) is 11.3 Å². The number of carbonyl (C=O) groups excluding carboxylic acids is 2. The highest BCUT2D eigenvalue weighted by molar-refractivity contribution is 7.98. The van der Waals surface area contributed by atoms with Gasteiger partial charge in [-0.05, 0) is 25.3 Å². The zero-order chi connectivity index (χ0) is 20.7. The van der Waals surface area contributed by atoms with Gasteiger partial charge in [-0.2, -0.15) is 5.26 Å². The molecule has 2 rings (SSSR count). The van der Waals surface area contributed by atoms with Crippen LogP contribution in [-0.2, 0) is 16.1 Å². The lowest BCUT2D eigenvalue weighted by atomic mass is 10.1. The summed E-state index contributed by atoms with van der Waals surface area (Å²) in [5.74, 6) is -0.653. The molecule has 148 valence electrons. The number of para-hydroxylation sites is 1. The van der Waals surface area contributed by atoms with Gasteiger partial charge < -0.3 is 20.7 Å². The summed E-state index contributed by atoms with van der Waals surface area (Å²) in [7, 11) is 1.82. The predicted molar refractivity (Wildman–Crippen MR) is 112 cm³/mol. The van der Waals surface area contributed by atoms with Crippen molar-refractivity contribution in [1.82, 2.24) is 0 Å². The summed E-state index contributed by atoms with van der Waals surface area (Å²) in [6, 6.07) is 9.63. The minimum absolute atomic E-state index is 0.154. The van der Waals surface area contributed by atoms with Crippen LogP contribution in [-0.4, -0.2) is 38.3 Å². The van der Waals surface area contributed by atoms with Crippen LogP contribution in [0.5, 0.6) is 0 Å². The van der Waals surface area contributed by atoms with E-state index in [4.69, 9.17) is 10.5 Å². The van der Waals surface area contributed by atoms with Crippen LogP contribution in [0.15, 0.2) is 29.2 Å². The second kappa shape index (κ2) is 10.1. The van der Waals surface area contributed by atoms with Crippen LogP contribution in [0.25, 0.3) is 0 Å². The van der Waals surface area contributed by atoms with E-state index in [9.17, 15) is 14.9 Å². The number of likely N-dealkylation sites (N-methyl/N-ethyl adjacent to an activating group) is 1. The molecule has 7 nitrogen and oxygen atoms in total. The molecule has 1 atom stereocenters. The summed E-state index contributed by atoms with van der Waals surface area (Å²) in [4.78, 5) is 26.8. The van der Waals surface area contributed by atoms with Crippen molar-refractivity contribution < 1.29 is 19.2 Å². The summed E-state index contributed by atoms with van der Waals surface area (Å²) < 4.78 is 5.06. The molecular formula is C19H23N4O3S2+. The number of nitrogens with one attached hydrogen (secondary N) is 2. The zero-order valence-electron chi connectivity index (χ0n) is 16.0. The van der Waals surface area contributed by atoms with Gasteiger partial charge in [-0.25, -0.2) is 4.79 Å². The third-order valence-electron chi connectivity index (χ3n) is 3.93. The molecule has 1 aromatic heterocycles. The molecule has 0 aliphatic heterocycles. The normalized spacial score (nSPS) is 11.5. The largest absolute Gasteiger partial charge is 0.462 e. The maximum Gasteiger partial charge on any atom is 0.348 e. The summed E-state index contributed by atoms with van der Waals surface area (Å²) in [5, 5.41) is 12.6. The van der Waals surface area contributed by atoms with E-state index in [2.05, 4.69) is 11.4 Å². The number of ether oxygens (including phenoxy) is 1. The number of thiophene rings is 1. The van der Waals surface area contributed by atoms with Gasteiger partial charge in [0.25, 0.3) is 5.91 Å². The fourth-order valence-corrected chi connectivity index (χ4v) is 4.20. The molecule has 0 fully saturated rings. The minimum Gasteiger partial charge on any atom is -0.462 e. The molecule has 1 aromatic carbocycles. The highest BCUT2D eigenvalue weighted by Crippen LogP contribution is 2.30. The summed E-state index contributed by atoms with van der Waals surface area (Å²) >= 11 is 2.60. The molecule has 9 heteroatoms. The molecule has 1 heterocycles. The maximum absolute atomic E-state index is 12.4. The number of nitriles is 1. The molecule has 0 aliphatic carbocycles. The maximum atomic E-state index is 12.4. The van der Waals surface area contributed by atoms with Crippen molar-refractivity contribution >= 4 is 45.7 Å². The molecule has 0 aliphatic rings. The number of nitrogens with two attached hydrogens (primary N) is 1. The Morgan fingerprint density at radius 2 is 2.11 bits per heavy atom. The van der Waals surface area contributed by atoms with Crippen LogP contribution < -0.4 is 16.0 Å². The zero-order valence-corrected chi connectivity index (χ0v) is 17.6. The van der Waals surface area contributed by atoms with E-state index in [1.807, 2.05) is 37.6 Å². The van der Waals surface area contributed by atoms with Crippen LogP contribution in [0.2, 0.25) is 0 Å². The van der Waals surface area contributed by atoms with E-state index in [0.717, 1.165) is 26.8 Å². The van der Waals surface area contributed by atoms with Gasteiger partial charge in [0.05, 0.1) is 30.5 Å². The van der Waals surface area contributed by atoms with E-state index >= 15 is 0 Å². The van der Waals surface area contributed by atoms with Gasteiger partial charge in [0.15, 0.2) is 6.54 Å². The molecule has 0 spiro atoms. The standard InChI is InChI=1S/C19H22N4O3S2/c1-4-26-19(25)17-13(12(9-20)18(21)28-17)10-23(2)11-16(24)22-14-7-5-6-8-15(14)27-3/h5-8H,4,10-11,21H2,1-3H3,(H,22,24)/p+1. The quantitative estimate of drug-likeness (QED) is 0.444. The molecular weight excluding hydrogens is 396 g/mol. The van der Waals surface area contributed by atoms with Crippen molar-refractivity contribution in [2.24, 2.45) is 0 Å². The highest BCUT2D eigenvalue weighted by Gasteiger charge is 2.26. The van der Waals surface area contributed by atoms with E-state index in [1.165, 1.54) is 0 Å². The first-order chi connectivity index (χ1) is 13.4. The minimum atomic E-state index is -0.498. The molecule has 0 radical (unpaired) electrons. The third kappa shape index (κ3) is 5.25. The Morgan fingerprint density at radius 3 is 2.75 bits per heavy atom. The molecule has 28 heavy (non-hydrogen) atoms. The number of carbonyl (C=O) groups is 2. The second-order valence-electron chi connectivity index (χ2n) is 6.04. The summed E-state index contributed by atoms with van der Waals surface area (Å²) in [6.45, 7) is 2.43. The van der Waals surface area contributed by atoms with Crippen molar-refractivity contribution in [3.05, 3.63) is 40.3 Å². The SMILES string of the molecule is CCOC(=O)c1sc(N)c(C#N)c1C[NH+](C)CC(=O)Nc1ccccc1SC. The first kappa shape index (κ1) is 21.8. The fraction of sp³-hybridized carbons (Fsp3) is 0.316. The number of esters is 1. The number of anilines is 2. The Hall–Kier alpha value is -2.54. The lowest BCUT2D eigenvalue weighted by molar-refractivity contribution is -0.885. The average molecular weight is 420 g/mol. The number of nitrogen functional groups attached to an aromatic ring is 1. The number of hydrogen-bond donors (Lipinski definition) is 3. The number of benzene rings is 1. The van der Waals surface area contributed by atoms with Gasteiger partial charge in [0.2, 0.25) is 0 Å². The fourth-order valence-electron chi connectivity index (χ4n) is 2.72. The van der Waals surface area contributed by atoms with Crippen LogP contribution in [0.1, 0.15) is 27.7 Å². The average Bonchev–Trinajstić information content (AvgIpc) is 2.97. The number of rotatable bonds is 8. The van der Waals surface area contributed by atoms with Gasteiger partial charge in [-0.15, -0.1) is 23.1 Å². The van der Waals surface area contributed by atoms with E-state index < -0.39 is 5.97 Å². The Balaban J connectivity index is 2.12. The Labute approximate surface area is 172 Å². The van der Waals surface area contributed by atoms with Crippen molar-refractivity contribution in [2.45, 2.75) is 18.4 Å². The lowest BCUT2D eigenvalue weighted by Crippen LogP contribution is -3.08. The van der Waals surface area contributed by atoms with Crippen LogP contribution >= 0.6 is 23.1 Å². The first-order valence-electron chi connectivity index (χ1n) is 8.63. The highest BCUT2D eigenvalue weighted by atomic mass is 32.2. The number of nitrogens with zero attached hydrogens (tertiary/aromatic N) is 1. The number of quaternary nitrogens is 1. The van der Waals surface area contributed by atoms with E-state index in [-0.39, 0.29) is 29.6 Å². The van der Waals surface area contributed by atoms with Crippen molar-refractivity contribution in [3.8, 4) is 6.07 Å². The smallest absolute Gasteiger partial charge is 0.348 e. The van der Waals surface area contributed by atoms with Gasteiger partial charge in [-0.1, -0.05) is 12.1 Å². The number of hydrogen-bond acceptors (Lipinski definition) is 7. The van der Waals surface area contributed by atoms with Crippen molar-refractivity contribution in [3.63, 3.8) is 0 Å². The number of amides is 1. The van der Waals surface area contributed by atoms with Crippen molar-refractivity contribution in [1.29, 1.82) is 5.26 Å². The Kier molecular flexibility index (Phi) is 7.87. The molecule has 1 amide bonds. The summed E-state index contributed by atoms with van der Waals surface area (Å²) in [6.07, 6.45) is 1.95. The van der Waals surface area contributed by atoms with Crippen molar-refractivity contribution in [2.75, 3.05) is 37.5 Å². The van der Waals surface area contributed by atoms with Gasteiger partial charge in [0, 0.05) is 4.90 Å². The van der Waals surface area contributed by atoms with E-state index in [0.29, 0.717) is 17.0 Å². The van der Waals surface area contributed by atoms with E-state index in [1.54, 1.807) is 18.7 Å². The number of thioether (sulfide) groups is 1. The molecule has 0 bridgehead atoms. The van der Waals surface area contributed by atoms with Gasteiger partial charge in [0.1, 0.15) is 22.5 Å². The van der Waals surface area contributed by atoms with Crippen LogP contribution in [0.3, 0.4) is 0 Å². The molecule has 1 unspecified atom stereocenters. The summed E-state index contributed by atoms with van der Waals surface area (Å²) in [5.41, 5.74) is 7.46. The second-order valence-corrected chi connectivity index (χ2v) is 7.94. The Morgan fingerprint density at radius 1 is 1.39 bits per heavy atom. The lowest BCUT2D eigenvalue weighted by Gasteiger charge is -2.15. The first-order valence-corrected chi connectivity index (χ1v) is 10.7. The topological polar surface area (TPSA) is 110 Å². The molecule has 0 saturated heterocycles. The van der Waals surface area contributed by atoms with Gasteiger partial charge in [-0.3, -0.25) is 4.79 Å². The monoisotopic (exact) mass is 419 g/mol. The molecule has 0 saturated carbocycles. The predicted octanol–water partition coefficient (Wildman–Crippen LogP) is 1.75. The molecule has 4 N–H and O–H groups in total. The third-order valence-corrected chi connectivity index (χ3v) is 5.77. The Bertz CT molecular complexity index is 905. The van der Waals surface area contributed by atoms with Gasteiger partial charge >= 0.3 is 5.97 Å². The van der Waals surface area contributed by atoms with Crippen LogP contribution in [0.4, 0.5) is 10.7 Å².